The van der Waals surface area contributed by atoms with Crippen LogP contribution in [0.1, 0.15) is 50.2 Å². The number of rotatable bonds is 11. The molecule has 0 radical (unpaired) electrons. The van der Waals surface area contributed by atoms with Crippen molar-refractivity contribution in [2.24, 2.45) is 5.73 Å². The quantitative estimate of drug-likeness (QED) is 0.545. The van der Waals surface area contributed by atoms with Gasteiger partial charge in [-0.25, -0.2) is 0 Å². The van der Waals surface area contributed by atoms with Crippen molar-refractivity contribution in [3.63, 3.8) is 0 Å². The molecule has 0 aliphatic heterocycles. The van der Waals surface area contributed by atoms with Crippen LogP contribution in [-0.2, 0) is 6.54 Å². The van der Waals surface area contributed by atoms with Gasteiger partial charge in [0.05, 0.1) is 0 Å². The van der Waals surface area contributed by atoms with Crippen molar-refractivity contribution in [1.29, 1.82) is 0 Å². The predicted molar refractivity (Wildman–Crippen MR) is 88.0 cm³/mol. The summed E-state index contributed by atoms with van der Waals surface area (Å²) in [5.74, 6) is 0.664. The van der Waals surface area contributed by atoms with E-state index in [1.165, 1.54) is 17.5 Å². The number of nitrogens with one attached hydrogen (secondary N) is 2. The summed E-state index contributed by atoms with van der Waals surface area (Å²) in [4.78, 5) is 0. The molecular weight excluding hydrogens is 246 g/mol. The van der Waals surface area contributed by atoms with Crippen LogP contribution < -0.4 is 16.4 Å². The Morgan fingerprint density at radius 3 is 2.30 bits per heavy atom. The van der Waals surface area contributed by atoms with Crippen molar-refractivity contribution in [2.45, 2.75) is 45.6 Å². The molecule has 3 heteroatoms. The Kier molecular flexibility index (Phi) is 9.29. The normalized spacial score (nSPS) is 12.6. The van der Waals surface area contributed by atoms with Crippen LogP contribution in [0.3, 0.4) is 0 Å². The molecule has 0 aliphatic rings. The summed E-state index contributed by atoms with van der Waals surface area (Å²) in [5, 5.41) is 6.88. The maximum absolute atomic E-state index is 5.44. The van der Waals surface area contributed by atoms with Crippen LogP contribution in [0.15, 0.2) is 24.3 Å². The monoisotopic (exact) mass is 277 g/mol. The zero-order chi connectivity index (χ0) is 14.6. The smallest absolute Gasteiger partial charge is 0.0205 e. The highest BCUT2D eigenvalue weighted by Crippen LogP contribution is 2.18. The molecule has 0 aromatic heterocycles. The van der Waals surface area contributed by atoms with E-state index in [2.05, 4.69) is 48.7 Å². The van der Waals surface area contributed by atoms with E-state index in [9.17, 15) is 0 Å². The zero-order valence-electron chi connectivity index (χ0n) is 13.1. The third kappa shape index (κ3) is 7.04. The molecule has 114 valence electrons. The standard InChI is InChI=1S/C17H31N3/c1-3-15(2)17-8-6-16(7-9-17)14-20-13-5-12-19-11-4-10-18/h6-9,15,19-20H,3-5,10-14,18H2,1-2H3. The predicted octanol–water partition coefficient (Wildman–Crippen LogP) is 2.62. The van der Waals surface area contributed by atoms with Crippen LogP contribution in [-0.4, -0.2) is 26.2 Å². The first-order valence-corrected chi connectivity index (χ1v) is 7.98. The minimum atomic E-state index is 0.664. The van der Waals surface area contributed by atoms with Gasteiger partial charge in [0.25, 0.3) is 0 Å². The topological polar surface area (TPSA) is 50.1 Å². The van der Waals surface area contributed by atoms with Crippen LogP contribution in [0.25, 0.3) is 0 Å². The van der Waals surface area contributed by atoms with Crippen LogP contribution in [0, 0.1) is 0 Å². The number of benzene rings is 1. The van der Waals surface area contributed by atoms with Gasteiger partial charge in [0.2, 0.25) is 0 Å². The maximum atomic E-state index is 5.44. The lowest BCUT2D eigenvalue weighted by atomic mass is 9.98. The van der Waals surface area contributed by atoms with Crippen LogP contribution in [0.5, 0.6) is 0 Å². The Labute approximate surface area is 124 Å². The lowest BCUT2D eigenvalue weighted by Crippen LogP contribution is -2.23. The second-order valence-corrected chi connectivity index (χ2v) is 5.47. The van der Waals surface area contributed by atoms with Gasteiger partial charge in [-0.15, -0.1) is 0 Å². The first-order valence-electron chi connectivity index (χ1n) is 7.98. The van der Waals surface area contributed by atoms with E-state index < -0.39 is 0 Å². The van der Waals surface area contributed by atoms with Gasteiger partial charge in [0, 0.05) is 6.54 Å². The van der Waals surface area contributed by atoms with Gasteiger partial charge in [0.1, 0.15) is 0 Å². The first kappa shape index (κ1) is 17.2. The van der Waals surface area contributed by atoms with Gasteiger partial charge < -0.3 is 16.4 Å². The molecule has 0 aliphatic carbocycles. The van der Waals surface area contributed by atoms with Crippen molar-refractivity contribution in [3.8, 4) is 0 Å². The van der Waals surface area contributed by atoms with Crippen molar-refractivity contribution in [3.05, 3.63) is 35.4 Å². The zero-order valence-corrected chi connectivity index (χ0v) is 13.1. The summed E-state index contributed by atoms with van der Waals surface area (Å²) in [6.45, 7) is 9.42. The second kappa shape index (κ2) is 10.8. The van der Waals surface area contributed by atoms with Crippen LogP contribution in [0.2, 0.25) is 0 Å². The van der Waals surface area contributed by atoms with E-state index in [0.29, 0.717) is 5.92 Å². The van der Waals surface area contributed by atoms with E-state index in [-0.39, 0.29) is 0 Å². The average molecular weight is 277 g/mol. The Morgan fingerprint density at radius 2 is 1.65 bits per heavy atom. The van der Waals surface area contributed by atoms with Gasteiger partial charge in [0.15, 0.2) is 0 Å². The molecule has 0 bridgehead atoms. The molecular formula is C17H31N3. The van der Waals surface area contributed by atoms with E-state index in [1.54, 1.807) is 0 Å². The second-order valence-electron chi connectivity index (χ2n) is 5.47. The molecule has 1 aromatic rings. The molecule has 0 fully saturated rings. The van der Waals surface area contributed by atoms with E-state index in [4.69, 9.17) is 5.73 Å². The average Bonchev–Trinajstić information content (AvgIpc) is 2.50. The highest BCUT2D eigenvalue weighted by molar-refractivity contribution is 5.24. The van der Waals surface area contributed by atoms with E-state index in [1.807, 2.05) is 0 Å². The molecule has 1 atom stereocenters. The summed E-state index contributed by atoms with van der Waals surface area (Å²) in [7, 11) is 0. The Balaban J connectivity index is 2.10. The third-order valence-electron chi connectivity index (χ3n) is 3.76. The molecule has 1 unspecified atom stereocenters. The van der Waals surface area contributed by atoms with Crippen molar-refractivity contribution in [2.75, 3.05) is 26.2 Å². The third-order valence-corrected chi connectivity index (χ3v) is 3.76. The SMILES string of the molecule is CCC(C)c1ccc(CNCCCNCCCN)cc1. The fourth-order valence-corrected chi connectivity index (χ4v) is 2.12. The van der Waals surface area contributed by atoms with Gasteiger partial charge in [-0.1, -0.05) is 38.1 Å². The molecule has 0 heterocycles. The Bertz CT molecular complexity index is 335. The first-order chi connectivity index (χ1) is 9.77. The van der Waals surface area contributed by atoms with Crippen LogP contribution in [0.4, 0.5) is 0 Å². The van der Waals surface area contributed by atoms with Crippen molar-refractivity contribution >= 4 is 0 Å². The number of hydrogen-bond acceptors (Lipinski definition) is 3. The summed E-state index contributed by atoms with van der Waals surface area (Å²) in [5.41, 5.74) is 8.25. The highest BCUT2D eigenvalue weighted by atomic mass is 14.9. The van der Waals surface area contributed by atoms with Crippen LogP contribution >= 0.6 is 0 Å². The fraction of sp³-hybridized carbons (Fsp3) is 0.647. The van der Waals surface area contributed by atoms with Gasteiger partial charge >= 0.3 is 0 Å². The number of hydrogen-bond donors (Lipinski definition) is 3. The van der Waals surface area contributed by atoms with Crippen molar-refractivity contribution in [1.82, 2.24) is 10.6 Å². The summed E-state index contributed by atoms with van der Waals surface area (Å²) in [6, 6.07) is 9.01. The summed E-state index contributed by atoms with van der Waals surface area (Å²) >= 11 is 0. The molecule has 0 amide bonds. The van der Waals surface area contributed by atoms with Gasteiger partial charge in [-0.05, 0) is 62.5 Å². The summed E-state index contributed by atoms with van der Waals surface area (Å²) in [6.07, 6.45) is 3.43. The Morgan fingerprint density at radius 1 is 1.00 bits per heavy atom. The minimum Gasteiger partial charge on any atom is -0.330 e. The molecule has 0 saturated carbocycles. The van der Waals surface area contributed by atoms with E-state index in [0.717, 1.165) is 45.6 Å². The van der Waals surface area contributed by atoms with E-state index >= 15 is 0 Å². The molecule has 1 aromatic carbocycles. The molecule has 20 heavy (non-hydrogen) atoms. The minimum absolute atomic E-state index is 0.664. The fourth-order valence-electron chi connectivity index (χ4n) is 2.12. The molecule has 1 rings (SSSR count). The van der Waals surface area contributed by atoms with Crippen molar-refractivity contribution < 1.29 is 0 Å². The lowest BCUT2D eigenvalue weighted by Gasteiger charge is -2.10. The maximum Gasteiger partial charge on any atom is 0.0205 e. The molecule has 0 saturated heterocycles. The lowest BCUT2D eigenvalue weighted by molar-refractivity contribution is 0.586. The molecule has 3 nitrogen and oxygen atoms in total. The molecule has 4 N–H and O–H groups in total. The van der Waals surface area contributed by atoms with Gasteiger partial charge in [-0.2, -0.15) is 0 Å². The summed E-state index contributed by atoms with van der Waals surface area (Å²) < 4.78 is 0. The largest absolute Gasteiger partial charge is 0.330 e. The number of nitrogens with two attached hydrogens (primary N) is 1. The van der Waals surface area contributed by atoms with Gasteiger partial charge in [-0.3, -0.25) is 0 Å². The Hall–Kier alpha value is -0.900. The highest BCUT2D eigenvalue weighted by Gasteiger charge is 2.02. The molecule has 0 spiro atoms.